The van der Waals surface area contributed by atoms with Gasteiger partial charge in [-0.3, -0.25) is 25.4 Å². The van der Waals surface area contributed by atoms with Crippen molar-refractivity contribution in [2.24, 2.45) is 0 Å². The Morgan fingerprint density at radius 2 is 1.70 bits per heavy atom. The number of hydrazine groups is 1. The number of hydrogen-bond donors (Lipinski definition) is 3. The van der Waals surface area contributed by atoms with Crippen LogP contribution in [0.2, 0.25) is 0 Å². The number of carbonyl (C=O) groups is 1. The van der Waals surface area contributed by atoms with Crippen molar-refractivity contribution in [2.75, 3.05) is 11.8 Å². The summed E-state index contributed by atoms with van der Waals surface area (Å²) in [6.07, 6.45) is 3.21. The smallest absolute Gasteiger partial charge is 0.269 e. The fourth-order valence-corrected chi connectivity index (χ4v) is 3.68. The first kappa shape index (κ1) is 20.9. The van der Waals surface area contributed by atoms with E-state index in [4.69, 9.17) is 4.74 Å². The van der Waals surface area contributed by atoms with E-state index < -0.39 is 15.9 Å². The molecule has 0 atom stereocenters. The van der Waals surface area contributed by atoms with Crippen LogP contribution in [0.25, 0.3) is 5.70 Å². The van der Waals surface area contributed by atoms with Crippen LogP contribution < -0.4 is 20.3 Å². The molecule has 0 aliphatic rings. The fourth-order valence-electron chi connectivity index (χ4n) is 2.57. The van der Waals surface area contributed by atoms with Crippen LogP contribution in [0.15, 0.2) is 84.5 Å². The number of nitrogens with zero attached hydrogens (tertiary/aromatic N) is 1. The zero-order valence-electron chi connectivity index (χ0n) is 16.1. The number of aromatic nitrogens is 1. The molecule has 0 unspecified atom stereocenters. The van der Waals surface area contributed by atoms with E-state index >= 15 is 0 Å². The molecule has 0 aliphatic carbocycles. The molecule has 30 heavy (non-hydrogen) atoms. The number of hydrogen-bond acceptors (Lipinski definition) is 6. The van der Waals surface area contributed by atoms with Crippen molar-refractivity contribution in [3.63, 3.8) is 0 Å². The lowest BCUT2D eigenvalue weighted by atomic mass is 10.2. The summed E-state index contributed by atoms with van der Waals surface area (Å²) in [7, 11) is -2.48. The summed E-state index contributed by atoms with van der Waals surface area (Å²) in [5, 5.41) is 0. The van der Waals surface area contributed by atoms with Crippen LogP contribution >= 0.6 is 0 Å². The van der Waals surface area contributed by atoms with Crippen LogP contribution in [0, 0.1) is 0 Å². The van der Waals surface area contributed by atoms with Crippen molar-refractivity contribution in [1.29, 1.82) is 0 Å². The van der Waals surface area contributed by atoms with E-state index in [2.05, 4.69) is 27.1 Å². The predicted octanol–water partition coefficient (Wildman–Crippen LogP) is 2.80. The maximum absolute atomic E-state index is 12.8. The SMILES string of the molecule is C=C(NNC(=O)c1cccc(S(=O)(=O)Nc2ccccc2OC)c1)c1ccncc1. The zero-order valence-corrected chi connectivity index (χ0v) is 16.9. The Balaban J connectivity index is 1.73. The van der Waals surface area contributed by atoms with Gasteiger partial charge in [0.1, 0.15) is 5.75 Å². The number of sulfonamides is 1. The lowest BCUT2D eigenvalue weighted by molar-refractivity contribution is 0.0942. The van der Waals surface area contributed by atoms with E-state index in [1.807, 2.05) is 0 Å². The highest BCUT2D eigenvalue weighted by Gasteiger charge is 2.18. The first-order chi connectivity index (χ1) is 14.4. The summed E-state index contributed by atoms with van der Waals surface area (Å²) < 4.78 is 33.2. The topological polar surface area (TPSA) is 109 Å². The average molecular weight is 424 g/mol. The van der Waals surface area contributed by atoms with Gasteiger partial charge in [0.25, 0.3) is 15.9 Å². The monoisotopic (exact) mass is 424 g/mol. The van der Waals surface area contributed by atoms with E-state index in [1.54, 1.807) is 48.8 Å². The van der Waals surface area contributed by atoms with Crippen molar-refractivity contribution in [3.8, 4) is 5.75 Å². The highest BCUT2D eigenvalue weighted by Crippen LogP contribution is 2.26. The van der Waals surface area contributed by atoms with Crippen LogP contribution in [-0.2, 0) is 10.0 Å². The first-order valence-electron chi connectivity index (χ1n) is 8.82. The quantitative estimate of drug-likeness (QED) is 0.480. The molecule has 0 radical (unpaired) electrons. The van der Waals surface area contributed by atoms with Gasteiger partial charge < -0.3 is 4.74 Å². The fraction of sp³-hybridized carbons (Fsp3) is 0.0476. The van der Waals surface area contributed by atoms with E-state index in [-0.39, 0.29) is 10.5 Å². The molecule has 0 saturated heterocycles. The molecule has 3 N–H and O–H groups in total. The van der Waals surface area contributed by atoms with Gasteiger partial charge in [-0.25, -0.2) is 8.42 Å². The number of methoxy groups -OCH3 is 1. The van der Waals surface area contributed by atoms with E-state index in [1.165, 1.54) is 31.4 Å². The molecule has 0 aliphatic heterocycles. The molecule has 9 heteroatoms. The Hall–Kier alpha value is -3.85. The Kier molecular flexibility index (Phi) is 6.33. The number of pyridine rings is 1. The average Bonchev–Trinajstić information content (AvgIpc) is 2.78. The van der Waals surface area contributed by atoms with Crippen LogP contribution in [0.3, 0.4) is 0 Å². The standard InChI is InChI=1S/C21H20N4O4S/c1-15(16-10-12-22-13-11-16)23-24-21(26)17-6-5-7-18(14-17)30(27,28)25-19-8-3-4-9-20(19)29-2/h3-14,23,25H,1H2,2H3,(H,24,26). The van der Waals surface area contributed by atoms with Crippen LogP contribution in [0.1, 0.15) is 15.9 Å². The van der Waals surface area contributed by atoms with Crippen molar-refractivity contribution in [3.05, 3.63) is 90.8 Å². The number of benzene rings is 2. The number of ether oxygens (including phenoxy) is 1. The van der Waals surface area contributed by atoms with Gasteiger partial charge in [-0.05, 0) is 42.5 Å². The molecule has 1 heterocycles. The zero-order chi connectivity index (χ0) is 21.6. The lowest BCUT2D eigenvalue weighted by Crippen LogP contribution is -2.35. The molecule has 0 fully saturated rings. The minimum Gasteiger partial charge on any atom is -0.495 e. The van der Waals surface area contributed by atoms with Crippen molar-refractivity contribution < 1.29 is 17.9 Å². The molecule has 3 rings (SSSR count). The maximum atomic E-state index is 12.8. The molecular weight excluding hydrogens is 404 g/mol. The van der Waals surface area contributed by atoms with Crippen molar-refractivity contribution >= 4 is 27.3 Å². The minimum absolute atomic E-state index is 0.0611. The second-order valence-electron chi connectivity index (χ2n) is 6.13. The Labute approximate surface area is 174 Å². The molecule has 0 bridgehead atoms. The van der Waals surface area contributed by atoms with Crippen LogP contribution in [0.4, 0.5) is 5.69 Å². The molecule has 3 aromatic rings. The number of amides is 1. The Morgan fingerprint density at radius 3 is 2.43 bits per heavy atom. The van der Waals surface area contributed by atoms with Gasteiger partial charge in [-0.15, -0.1) is 0 Å². The summed E-state index contributed by atoms with van der Waals surface area (Å²) in [6, 6.07) is 15.8. The third-order valence-corrected chi connectivity index (χ3v) is 5.48. The normalized spacial score (nSPS) is 10.7. The largest absolute Gasteiger partial charge is 0.495 e. The number of nitrogens with one attached hydrogen (secondary N) is 3. The first-order valence-corrected chi connectivity index (χ1v) is 10.3. The number of rotatable bonds is 8. The van der Waals surface area contributed by atoms with Gasteiger partial charge in [0.2, 0.25) is 0 Å². The molecule has 154 valence electrons. The molecule has 0 saturated carbocycles. The van der Waals surface area contributed by atoms with Gasteiger partial charge in [0, 0.05) is 23.5 Å². The summed E-state index contributed by atoms with van der Waals surface area (Å²) >= 11 is 0. The number of anilines is 1. The van der Waals surface area contributed by atoms with E-state index in [9.17, 15) is 13.2 Å². The van der Waals surface area contributed by atoms with Crippen LogP contribution in [-0.4, -0.2) is 26.4 Å². The molecule has 1 aromatic heterocycles. The molecular formula is C21H20N4O4S. The highest BCUT2D eigenvalue weighted by atomic mass is 32.2. The Morgan fingerprint density at radius 1 is 0.967 bits per heavy atom. The summed E-state index contributed by atoms with van der Waals surface area (Å²) in [5.74, 6) is -0.131. The molecule has 2 aromatic carbocycles. The number of carbonyl (C=O) groups excluding carboxylic acids is 1. The Bertz CT molecular complexity index is 1160. The summed E-state index contributed by atoms with van der Waals surface area (Å²) in [5.41, 5.74) is 6.88. The molecule has 0 spiro atoms. The van der Waals surface area contributed by atoms with Gasteiger partial charge in [-0.2, -0.15) is 0 Å². The lowest BCUT2D eigenvalue weighted by Gasteiger charge is -2.13. The predicted molar refractivity (Wildman–Crippen MR) is 114 cm³/mol. The highest BCUT2D eigenvalue weighted by molar-refractivity contribution is 7.92. The van der Waals surface area contributed by atoms with Gasteiger partial charge in [-0.1, -0.05) is 24.8 Å². The summed E-state index contributed by atoms with van der Waals surface area (Å²) in [6.45, 7) is 3.84. The van der Waals surface area contributed by atoms with E-state index in [0.29, 0.717) is 17.1 Å². The van der Waals surface area contributed by atoms with Gasteiger partial charge in [0.15, 0.2) is 0 Å². The third kappa shape index (κ3) is 4.95. The molecule has 1 amide bonds. The second-order valence-corrected chi connectivity index (χ2v) is 7.81. The maximum Gasteiger partial charge on any atom is 0.269 e. The number of para-hydroxylation sites is 2. The van der Waals surface area contributed by atoms with Crippen molar-refractivity contribution in [2.45, 2.75) is 4.90 Å². The second kappa shape index (κ2) is 9.10. The summed E-state index contributed by atoms with van der Waals surface area (Å²) in [4.78, 5) is 16.3. The third-order valence-electron chi connectivity index (χ3n) is 4.11. The van der Waals surface area contributed by atoms with Gasteiger partial charge in [0.05, 0.1) is 23.4 Å². The minimum atomic E-state index is -3.93. The van der Waals surface area contributed by atoms with Gasteiger partial charge >= 0.3 is 0 Å². The van der Waals surface area contributed by atoms with E-state index in [0.717, 1.165) is 5.56 Å². The van der Waals surface area contributed by atoms with Crippen LogP contribution in [0.5, 0.6) is 5.75 Å². The van der Waals surface area contributed by atoms with Crippen molar-refractivity contribution in [1.82, 2.24) is 15.8 Å². The molecule has 8 nitrogen and oxygen atoms in total.